The molecule has 0 saturated heterocycles. The molecule has 0 aliphatic carbocycles. The molecule has 20 heavy (non-hydrogen) atoms. The molecule has 0 unspecified atom stereocenters. The van der Waals surface area contributed by atoms with Crippen molar-refractivity contribution in [2.75, 3.05) is 6.61 Å². The molecule has 0 fully saturated rings. The molecule has 0 heterocycles. The minimum atomic E-state index is -0.00504. The summed E-state index contributed by atoms with van der Waals surface area (Å²) in [6.45, 7) is 4.59. The van der Waals surface area contributed by atoms with E-state index in [1.807, 2.05) is 56.3 Å². The Bertz CT molecular complexity index is 610. The minimum Gasteiger partial charge on any atom is -0.494 e. The van der Waals surface area contributed by atoms with Crippen LogP contribution in [0, 0.1) is 6.92 Å². The third-order valence-corrected chi connectivity index (χ3v) is 2.92. The molecule has 0 spiro atoms. The summed E-state index contributed by atoms with van der Waals surface area (Å²) in [6, 6.07) is 15.2. The number of ether oxygens (including phenoxy) is 1. The van der Waals surface area contributed by atoms with Crippen LogP contribution in [0.3, 0.4) is 0 Å². The first-order valence-electron chi connectivity index (χ1n) is 6.71. The highest BCUT2D eigenvalue weighted by Crippen LogP contribution is 2.13. The van der Waals surface area contributed by atoms with E-state index in [4.69, 9.17) is 4.74 Å². The van der Waals surface area contributed by atoms with E-state index in [1.54, 1.807) is 18.2 Å². The van der Waals surface area contributed by atoms with Crippen molar-refractivity contribution in [3.63, 3.8) is 0 Å². The predicted molar refractivity (Wildman–Crippen MR) is 82.2 cm³/mol. The lowest BCUT2D eigenvalue weighted by atomic mass is 10.1. The number of hydrogen-bond acceptors (Lipinski definition) is 2. The number of aryl methyl sites for hydroxylation is 1. The molecule has 2 aromatic carbocycles. The van der Waals surface area contributed by atoms with Crippen molar-refractivity contribution in [2.45, 2.75) is 13.8 Å². The lowest BCUT2D eigenvalue weighted by Gasteiger charge is -2.02. The second-order valence-electron chi connectivity index (χ2n) is 4.57. The van der Waals surface area contributed by atoms with E-state index in [9.17, 15) is 4.79 Å². The fraction of sp³-hybridized carbons (Fsp3) is 0.167. The number of allylic oxidation sites excluding steroid dienone is 1. The molecule has 0 aliphatic rings. The maximum atomic E-state index is 12.0. The first-order valence-corrected chi connectivity index (χ1v) is 6.71. The van der Waals surface area contributed by atoms with Gasteiger partial charge in [0.05, 0.1) is 6.61 Å². The van der Waals surface area contributed by atoms with Crippen LogP contribution < -0.4 is 4.74 Å². The van der Waals surface area contributed by atoms with Crippen LogP contribution in [0.4, 0.5) is 0 Å². The summed E-state index contributed by atoms with van der Waals surface area (Å²) in [5.74, 6) is 0.779. The van der Waals surface area contributed by atoms with Crippen LogP contribution in [-0.4, -0.2) is 12.4 Å². The Labute approximate surface area is 119 Å². The molecule has 0 atom stereocenters. The van der Waals surface area contributed by atoms with Gasteiger partial charge < -0.3 is 4.74 Å². The van der Waals surface area contributed by atoms with Crippen LogP contribution >= 0.6 is 0 Å². The van der Waals surface area contributed by atoms with E-state index in [2.05, 4.69) is 0 Å². The van der Waals surface area contributed by atoms with E-state index < -0.39 is 0 Å². The molecule has 102 valence electrons. The lowest BCUT2D eigenvalue weighted by Crippen LogP contribution is -1.95. The highest BCUT2D eigenvalue weighted by Gasteiger charge is 2.02. The summed E-state index contributed by atoms with van der Waals surface area (Å²) in [7, 11) is 0. The zero-order valence-corrected chi connectivity index (χ0v) is 11.8. The molecule has 2 rings (SSSR count). The van der Waals surface area contributed by atoms with Gasteiger partial charge in [0.2, 0.25) is 0 Å². The normalized spacial score (nSPS) is 10.7. The second kappa shape index (κ2) is 6.71. The molecule has 0 radical (unpaired) electrons. The highest BCUT2D eigenvalue weighted by molar-refractivity contribution is 6.06. The molecule has 0 amide bonds. The molecule has 0 aromatic heterocycles. The standard InChI is InChI=1S/C18H18O2/c1-3-20-17-10-8-16(9-11-17)18(19)12-7-15-6-4-5-14(2)13-15/h4-13H,3H2,1-2H3/b12-7+. The minimum absolute atomic E-state index is 0.00504. The van der Waals surface area contributed by atoms with Crippen molar-refractivity contribution >= 4 is 11.9 Å². The Morgan fingerprint density at radius 1 is 1.15 bits per heavy atom. The quantitative estimate of drug-likeness (QED) is 0.596. The van der Waals surface area contributed by atoms with Gasteiger partial charge >= 0.3 is 0 Å². The second-order valence-corrected chi connectivity index (χ2v) is 4.57. The van der Waals surface area contributed by atoms with Crippen molar-refractivity contribution in [1.82, 2.24) is 0 Å². The summed E-state index contributed by atoms with van der Waals surface area (Å²) in [5.41, 5.74) is 2.88. The third kappa shape index (κ3) is 3.82. The van der Waals surface area contributed by atoms with Gasteiger partial charge in [0, 0.05) is 5.56 Å². The smallest absolute Gasteiger partial charge is 0.185 e. The summed E-state index contributed by atoms with van der Waals surface area (Å²) in [6.07, 6.45) is 3.44. The van der Waals surface area contributed by atoms with Crippen LogP contribution in [0.2, 0.25) is 0 Å². The molecular formula is C18H18O2. The van der Waals surface area contributed by atoms with E-state index in [0.29, 0.717) is 12.2 Å². The largest absolute Gasteiger partial charge is 0.494 e. The van der Waals surface area contributed by atoms with Crippen molar-refractivity contribution in [1.29, 1.82) is 0 Å². The Kier molecular flexibility index (Phi) is 4.72. The highest BCUT2D eigenvalue weighted by atomic mass is 16.5. The molecule has 0 saturated carbocycles. The van der Waals surface area contributed by atoms with Crippen molar-refractivity contribution in [2.24, 2.45) is 0 Å². The van der Waals surface area contributed by atoms with Crippen LogP contribution in [-0.2, 0) is 0 Å². The number of carbonyl (C=O) groups excluding carboxylic acids is 1. The van der Waals surface area contributed by atoms with Crippen molar-refractivity contribution < 1.29 is 9.53 Å². The van der Waals surface area contributed by atoms with E-state index in [0.717, 1.165) is 11.3 Å². The fourth-order valence-corrected chi connectivity index (χ4v) is 1.92. The fourth-order valence-electron chi connectivity index (χ4n) is 1.92. The van der Waals surface area contributed by atoms with Crippen molar-refractivity contribution in [3.05, 3.63) is 71.3 Å². The molecule has 2 nitrogen and oxygen atoms in total. The summed E-state index contributed by atoms with van der Waals surface area (Å²) < 4.78 is 5.35. The van der Waals surface area contributed by atoms with Gasteiger partial charge in [0.1, 0.15) is 5.75 Å². The van der Waals surface area contributed by atoms with Gasteiger partial charge in [-0.3, -0.25) is 4.79 Å². The zero-order valence-electron chi connectivity index (χ0n) is 11.8. The van der Waals surface area contributed by atoms with E-state index in [1.165, 1.54) is 5.56 Å². The van der Waals surface area contributed by atoms with E-state index in [-0.39, 0.29) is 5.78 Å². The number of carbonyl (C=O) groups is 1. The number of ketones is 1. The van der Waals surface area contributed by atoms with Gasteiger partial charge in [-0.2, -0.15) is 0 Å². The lowest BCUT2D eigenvalue weighted by molar-refractivity contribution is 0.104. The molecule has 0 N–H and O–H groups in total. The molecule has 2 heteroatoms. The Morgan fingerprint density at radius 3 is 2.55 bits per heavy atom. The summed E-state index contributed by atoms with van der Waals surface area (Å²) in [5, 5.41) is 0. The van der Waals surface area contributed by atoms with Crippen LogP contribution in [0.25, 0.3) is 6.08 Å². The Hall–Kier alpha value is -2.35. The maximum absolute atomic E-state index is 12.0. The van der Waals surface area contributed by atoms with E-state index >= 15 is 0 Å². The van der Waals surface area contributed by atoms with Crippen molar-refractivity contribution in [3.8, 4) is 5.75 Å². The van der Waals surface area contributed by atoms with Gasteiger partial charge in [0.25, 0.3) is 0 Å². The number of benzene rings is 2. The van der Waals surface area contributed by atoms with Gasteiger partial charge in [-0.25, -0.2) is 0 Å². The summed E-state index contributed by atoms with van der Waals surface area (Å²) >= 11 is 0. The predicted octanol–water partition coefficient (Wildman–Crippen LogP) is 4.29. The topological polar surface area (TPSA) is 26.3 Å². The van der Waals surface area contributed by atoms with Crippen LogP contribution in [0.1, 0.15) is 28.4 Å². The van der Waals surface area contributed by atoms with Crippen LogP contribution in [0.5, 0.6) is 5.75 Å². The monoisotopic (exact) mass is 266 g/mol. The van der Waals surface area contributed by atoms with Gasteiger partial charge in [-0.1, -0.05) is 35.9 Å². The van der Waals surface area contributed by atoms with Gasteiger partial charge in [-0.05, 0) is 49.8 Å². The van der Waals surface area contributed by atoms with Gasteiger partial charge in [-0.15, -0.1) is 0 Å². The molecule has 2 aromatic rings. The summed E-state index contributed by atoms with van der Waals surface area (Å²) in [4.78, 5) is 12.0. The maximum Gasteiger partial charge on any atom is 0.185 e. The zero-order chi connectivity index (χ0) is 14.4. The number of rotatable bonds is 5. The average Bonchev–Trinajstić information content (AvgIpc) is 2.46. The van der Waals surface area contributed by atoms with Crippen LogP contribution in [0.15, 0.2) is 54.6 Å². The Morgan fingerprint density at radius 2 is 1.90 bits per heavy atom. The van der Waals surface area contributed by atoms with Gasteiger partial charge in [0.15, 0.2) is 5.78 Å². The first-order chi connectivity index (χ1) is 9.69. The molecular weight excluding hydrogens is 248 g/mol. The number of hydrogen-bond donors (Lipinski definition) is 0. The average molecular weight is 266 g/mol. The third-order valence-electron chi connectivity index (χ3n) is 2.92. The molecule has 0 aliphatic heterocycles. The Balaban J connectivity index is 2.07. The SMILES string of the molecule is CCOc1ccc(C(=O)/C=C/c2cccc(C)c2)cc1. The molecule has 0 bridgehead atoms. The first kappa shape index (κ1) is 14.1.